The molecule has 0 unspecified atom stereocenters. The van der Waals surface area contributed by atoms with Crippen LogP contribution in [0.2, 0.25) is 0 Å². The summed E-state index contributed by atoms with van der Waals surface area (Å²) in [6, 6.07) is 9.69. The highest BCUT2D eigenvalue weighted by molar-refractivity contribution is 7.53. The molecule has 0 bridgehead atoms. The number of nitrogens with zero attached hydrogens (tertiary/aromatic N) is 1. The number of hydrogen-bond acceptors (Lipinski definition) is 6. The number of aryl methyl sites for hydroxylation is 2. The van der Waals surface area contributed by atoms with Crippen LogP contribution in [0.5, 0.6) is 11.5 Å². The topological polar surface area (TPSA) is 77.4 Å². The summed E-state index contributed by atoms with van der Waals surface area (Å²) >= 11 is 0. The van der Waals surface area contributed by atoms with E-state index < -0.39 is 13.7 Å². The van der Waals surface area contributed by atoms with Gasteiger partial charge in [-0.3, -0.25) is 14.1 Å². The number of rotatable bonds is 9. The van der Waals surface area contributed by atoms with Gasteiger partial charge in [-0.05, 0) is 90.8 Å². The molecule has 0 spiro atoms. The maximum absolute atomic E-state index is 13.2. The molecule has 0 saturated carbocycles. The SMILES string of the molecule is C=C(/C=C\N=C/C)[C@@H]1CCO[P@@](=O)(COc2cc(C)c(Cc3ccc(O)c(C(C)C)c3)c(C)c2)O1. The first-order valence-electron chi connectivity index (χ1n) is 11.9. The Morgan fingerprint density at radius 1 is 1.29 bits per heavy atom. The Kier molecular flexibility index (Phi) is 9.12. The Balaban J connectivity index is 1.68. The molecule has 1 fully saturated rings. The number of ether oxygens (including phenoxy) is 1. The fraction of sp³-hybridized carbons (Fsp3) is 0.393. The van der Waals surface area contributed by atoms with Gasteiger partial charge in [0.25, 0.3) is 0 Å². The molecule has 1 aliphatic rings. The first-order chi connectivity index (χ1) is 16.6. The quantitative estimate of drug-likeness (QED) is 0.225. The highest BCUT2D eigenvalue weighted by Crippen LogP contribution is 2.53. The molecule has 2 aromatic rings. The lowest BCUT2D eigenvalue weighted by atomic mass is 9.93. The Morgan fingerprint density at radius 3 is 2.66 bits per heavy atom. The molecule has 0 radical (unpaired) electrons. The molecule has 0 aromatic heterocycles. The van der Waals surface area contributed by atoms with Crippen LogP contribution < -0.4 is 4.74 Å². The molecular formula is C28H36NO5P. The second kappa shape index (κ2) is 11.9. The maximum Gasteiger partial charge on any atom is 0.368 e. The van der Waals surface area contributed by atoms with Gasteiger partial charge in [-0.2, -0.15) is 0 Å². The summed E-state index contributed by atoms with van der Waals surface area (Å²) in [6.45, 7) is 14.4. The first-order valence-corrected chi connectivity index (χ1v) is 13.6. The smallest absolute Gasteiger partial charge is 0.368 e. The Labute approximate surface area is 208 Å². The summed E-state index contributed by atoms with van der Waals surface area (Å²) in [5, 5.41) is 10.1. The van der Waals surface area contributed by atoms with Gasteiger partial charge < -0.3 is 14.4 Å². The summed E-state index contributed by atoms with van der Waals surface area (Å²) in [7, 11) is -3.42. The lowest BCUT2D eigenvalue weighted by Gasteiger charge is -2.30. The van der Waals surface area contributed by atoms with Gasteiger partial charge in [0.1, 0.15) is 11.5 Å². The highest BCUT2D eigenvalue weighted by atomic mass is 31.2. The predicted octanol–water partition coefficient (Wildman–Crippen LogP) is 7.22. The molecule has 1 N–H and O–H groups in total. The van der Waals surface area contributed by atoms with Gasteiger partial charge in [0.2, 0.25) is 0 Å². The molecule has 3 rings (SSSR count). The summed E-state index contributed by atoms with van der Waals surface area (Å²) in [6.07, 6.45) is 5.83. The largest absolute Gasteiger partial charge is 0.508 e. The molecule has 2 aromatic carbocycles. The zero-order valence-corrected chi connectivity index (χ0v) is 22.2. The number of phenolic OH excluding ortho intramolecular Hbond substituents is 1. The van der Waals surface area contributed by atoms with Crippen LogP contribution in [-0.4, -0.2) is 30.4 Å². The van der Waals surface area contributed by atoms with Crippen molar-refractivity contribution in [2.45, 2.75) is 59.5 Å². The van der Waals surface area contributed by atoms with Crippen molar-refractivity contribution >= 4 is 13.8 Å². The monoisotopic (exact) mass is 497 g/mol. The highest BCUT2D eigenvalue weighted by Gasteiger charge is 2.35. The van der Waals surface area contributed by atoms with Crippen molar-refractivity contribution in [3.05, 3.63) is 82.6 Å². The number of aromatic hydroxyl groups is 1. The van der Waals surface area contributed by atoms with Crippen LogP contribution in [0, 0.1) is 13.8 Å². The molecule has 0 amide bonds. The average molecular weight is 498 g/mol. The fourth-order valence-corrected chi connectivity index (χ4v) is 5.59. The molecule has 1 saturated heterocycles. The van der Waals surface area contributed by atoms with E-state index in [1.54, 1.807) is 24.6 Å². The molecule has 1 aliphatic heterocycles. The molecule has 2 atom stereocenters. The molecule has 0 aliphatic carbocycles. The van der Waals surface area contributed by atoms with Crippen molar-refractivity contribution < 1.29 is 23.5 Å². The van der Waals surface area contributed by atoms with Crippen LogP contribution in [0.15, 0.2) is 59.8 Å². The third-order valence-corrected chi connectivity index (χ3v) is 7.64. The summed E-state index contributed by atoms with van der Waals surface area (Å²) < 4.78 is 30.3. The maximum atomic E-state index is 13.2. The first kappa shape index (κ1) is 26.9. The van der Waals surface area contributed by atoms with Crippen molar-refractivity contribution in [1.82, 2.24) is 0 Å². The second-order valence-corrected chi connectivity index (χ2v) is 11.1. The minimum absolute atomic E-state index is 0.165. The molecule has 6 nitrogen and oxygen atoms in total. The number of hydrogen-bond donors (Lipinski definition) is 1. The van der Waals surface area contributed by atoms with E-state index in [1.807, 2.05) is 39.0 Å². The van der Waals surface area contributed by atoms with E-state index in [0.717, 1.165) is 28.7 Å². The van der Waals surface area contributed by atoms with E-state index in [9.17, 15) is 9.67 Å². The van der Waals surface area contributed by atoms with Crippen LogP contribution >= 0.6 is 7.60 Å². The Bertz CT molecular complexity index is 1140. The molecular weight excluding hydrogens is 461 g/mol. The van der Waals surface area contributed by atoms with Crippen molar-refractivity contribution in [3.8, 4) is 11.5 Å². The van der Waals surface area contributed by atoms with Crippen molar-refractivity contribution in [3.63, 3.8) is 0 Å². The number of phenols is 1. The number of benzene rings is 2. The van der Waals surface area contributed by atoms with Gasteiger partial charge in [0.05, 0.1) is 12.7 Å². The van der Waals surface area contributed by atoms with Gasteiger partial charge in [0, 0.05) is 18.8 Å². The van der Waals surface area contributed by atoms with Crippen molar-refractivity contribution in [1.29, 1.82) is 0 Å². The van der Waals surface area contributed by atoms with Gasteiger partial charge >= 0.3 is 7.60 Å². The van der Waals surface area contributed by atoms with Crippen molar-refractivity contribution in [2.24, 2.45) is 4.99 Å². The normalized spacial score (nSPS) is 20.7. The van der Waals surface area contributed by atoms with Crippen LogP contribution in [0.4, 0.5) is 0 Å². The minimum Gasteiger partial charge on any atom is -0.508 e. The van der Waals surface area contributed by atoms with Crippen molar-refractivity contribution in [2.75, 3.05) is 13.0 Å². The average Bonchev–Trinajstić information content (AvgIpc) is 2.81. The van der Waals surface area contributed by atoms with Crippen LogP contribution in [0.3, 0.4) is 0 Å². The van der Waals surface area contributed by atoms with Gasteiger partial charge in [-0.25, -0.2) is 0 Å². The molecule has 35 heavy (non-hydrogen) atoms. The summed E-state index contributed by atoms with van der Waals surface area (Å²) in [5.41, 5.74) is 6.15. The van der Waals surface area contributed by atoms with Gasteiger partial charge in [-0.1, -0.05) is 32.6 Å². The summed E-state index contributed by atoms with van der Waals surface area (Å²) in [5.74, 6) is 1.20. The van der Waals surface area contributed by atoms with E-state index in [4.69, 9.17) is 13.8 Å². The lowest BCUT2D eigenvalue weighted by Crippen LogP contribution is -2.23. The van der Waals surface area contributed by atoms with E-state index in [1.165, 1.54) is 5.56 Å². The van der Waals surface area contributed by atoms with E-state index in [0.29, 0.717) is 30.1 Å². The van der Waals surface area contributed by atoms with E-state index in [-0.39, 0.29) is 12.3 Å². The zero-order valence-electron chi connectivity index (χ0n) is 21.3. The number of aliphatic imine (C=N–C) groups is 1. The molecule has 1 heterocycles. The Hall–Kier alpha value is -2.66. The summed E-state index contributed by atoms with van der Waals surface area (Å²) in [4.78, 5) is 4.03. The predicted molar refractivity (Wildman–Crippen MR) is 142 cm³/mol. The minimum atomic E-state index is -3.42. The lowest BCUT2D eigenvalue weighted by molar-refractivity contribution is 0.0933. The van der Waals surface area contributed by atoms with Crippen LogP contribution in [0.25, 0.3) is 0 Å². The van der Waals surface area contributed by atoms with Crippen LogP contribution in [0.1, 0.15) is 60.9 Å². The van der Waals surface area contributed by atoms with E-state index in [2.05, 4.69) is 31.5 Å². The van der Waals surface area contributed by atoms with Gasteiger partial charge in [0.15, 0.2) is 6.35 Å². The van der Waals surface area contributed by atoms with Crippen LogP contribution in [-0.2, 0) is 20.0 Å². The third-order valence-electron chi connectivity index (χ3n) is 6.05. The van der Waals surface area contributed by atoms with E-state index >= 15 is 0 Å². The molecule has 7 heteroatoms. The van der Waals surface area contributed by atoms with Gasteiger partial charge in [-0.15, -0.1) is 0 Å². The Morgan fingerprint density at radius 2 is 2.00 bits per heavy atom. The second-order valence-electron chi connectivity index (χ2n) is 9.16. The zero-order chi connectivity index (χ0) is 25.6. The molecule has 188 valence electrons. The fourth-order valence-electron chi connectivity index (χ4n) is 4.08. The standard InChI is InChI=1S/C28H36NO5P/c1-7-29-12-10-20(4)28-11-13-33-35(31,34-28)18-32-24-14-21(5)26(22(6)15-24)17-23-8-9-27(30)25(16-23)19(2)3/h7-10,12,14-16,19,28,30H,4,11,13,17-18H2,1-3,5-6H3/b12-10-,29-7-/t28-,35-/m0/s1. The third kappa shape index (κ3) is 7.17.